The number of nitrogens with zero attached hydrogens (tertiary/aromatic N) is 1. The molecule has 0 aromatic carbocycles. The molecule has 1 atom stereocenters. The molecule has 5 nitrogen and oxygen atoms in total. The Labute approximate surface area is 166 Å². The summed E-state index contributed by atoms with van der Waals surface area (Å²) in [6.07, 6.45) is 20.1. The number of rotatable bonds is 15. The Balaban J connectivity index is 0.00000210. The number of likely N-dealkylation sites (tertiary alicyclic amines) is 1. The molecule has 1 saturated heterocycles. The number of hydrogen-bond acceptors (Lipinski definition) is 3. The van der Waals surface area contributed by atoms with Gasteiger partial charge in [0.2, 0.25) is 5.91 Å². The van der Waals surface area contributed by atoms with Crippen molar-refractivity contribution < 1.29 is 19.8 Å². The Morgan fingerprint density at radius 3 is 1.81 bits per heavy atom. The fourth-order valence-electron chi connectivity index (χ4n) is 3.79. The Hall–Kier alpha value is -1.10. The van der Waals surface area contributed by atoms with Gasteiger partial charge >= 0.3 is 0 Å². The molecule has 27 heavy (non-hydrogen) atoms. The van der Waals surface area contributed by atoms with Crippen molar-refractivity contribution in [3.8, 4) is 0 Å². The Morgan fingerprint density at radius 2 is 1.37 bits per heavy atom. The second-order valence-electron chi connectivity index (χ2n) is 7.66. The van der Waals surface area contributed by atoms with Crippen LogP contribution in [-0.4, -0.2) is 46.7 Å². The average Bonchev–Trinajstić information content (AvgIpc) is 3.15. The molecule has 2 N–H and O–H groups in total. The molecule has 1 amide bonds. The highest BCUT2D eigenvalue weighted by Crippen LogP contribution is 2.19. The predicted octanol–water partition coefficient (Wildman–Crippen LogP) is 5.15. The monoisotopic (exact) mass is 385 g/mol. The van der Waals surface area contributed by atoms with Crippen LogP contribution < -0.4 is 0 Å². The molecule has 160 valence electrons. The summed E-state index contributed by atoms with van der Waals surface area (Å²) in [5.41, 5.74) is 0. The zero-order valence-corrected chi connectivity index (χ0v) is 17.5. The van der Waals surface area contributed by atoms with Crippen LogP contribution in [0.4, 0.5) is 0 Å². The van der Waals surface area contributed by atoms with E-state index < -0.39 is 0 Å². The summed E-state index contributed by atoms with van der Waals surface area (Å²) in [6.45, 7) is 3.00. The smallest absolute Gasteiger partial charge is 0.290 e. The molecule has 0 saturated carbocycles. The topological polar surface area (TPSA) is 77.8 Å². The maximum atomic E-state index is 12.1. The molecular weight excluding hydrogens is 342 g/mol. The normalized spacial score (nSPS) is 16.1. The first kappa shape index (κ1) is 25.9. The quantitative estimate of drug-likeness (QED) is 0.302. The number of carbonyl (C=O) groups is 2. The molecule has 1 heterocycles. The summed E-state index contributed by atoms with van der Waals surface area (Å²) < 4.78 is 0. The van der Waals surface area contributed by atoms with E-state index in [-0.39, 0.29) is 25.0 Å². The van der Waals surface area contributed by atoms with Crippen LogP contribution in [-0.2, 0) is 9.59 Å². The Kier molecular flexibility index (Phi) is 18.9. The molecule has 1 aliphatic rings. The van der Waals surface area contributed by atoms with E-state index in [2.05, 4.69) is 6.92 Å². The van der Waals surface area contributed by atoms with Gasteiger partial charge in [0, 0.05) is 13.0 Å². The SMILES string of the molecule is CCCCCCCCCCCCCCCC(=O)N1CCCC1CO.O=CO. The molecule has 0 aromatic heterocycles. The van der Waals surface area contributed by atoms with E-state index in [1.807, 2.05) is 4.90 Å². The second kappa shape index (κ2) is 19.7. The fraction of sp³-hybridized carbons (Fsp3) is 0.909. The van der Waals surface area contributed by atoms with E-state index in [1.165, 1.54) is 77.0 Å². The number of unbranched alkanes of at least 4 members (excludes halogenated alkanes) is 12. The third kappa shape index (κ3) is 14.6. The number of carbonyl (C=O) groups excluding carboxylic acids is 1. The minimum atomic E-state index is -0.250. The van der Waals surface area contributed by atoms with E-state index >= 15 is 0 Å². The molecule has 1 unspecified atom stereocenters. The lowest BCUT2D eigenvalue weighted by Gasteiger charge is -2.22. The Morgan fingerprint density at radius 1 is 0.926 bits per heavy atom. The van der Waals surface area contributed by atoms with Crippen molar-refractivity contribution in [2.24, 2.45) is 0 Å². The molecule has 5 heteroatoms. The molecule has 0 spiro atoms. The maximum Gasteiger partial charge on any atom is 0.290 e. The van der Waals surface area contributed by atoms with Crippen molar-refractivity contribution in [2.75, 3.05) is 13.2 Å². The molecular formula is C22H43NO4. The lowest BCUT2D eigenvalue weighted by atomic mass is 10.0. The lowest BCUT2D eigenvalue weighted by Crippen LogP contribution is -2.37. The molecule has 1 fully saturated rings. The van der Waals surface area contributed by atoms with Gasteiger partial charge < -0.3 is 15.1 Å². The average molecular weight is 386 g/mol. The summed E-state index contributed by atoms with van der Waals surface area (Å²) in [4.78, 5) is 22.4. The second-order valence-corrected chi connectivity index (χ2v) is 7.66. The van der Waals surface area contributed by atoms with Gasteiger partial charge in [-0.25, -0.2) is 0 Å². The van der Waals surface area contributed by atoms with Crippen LogP contribution in [0, 0.1) is 0 Å². The first-order chi connectivity index (χ1) is 13.2. The van der Waals surface area contributed by atoms with Gasteiger partial charge in [-0.15, -0.1) is 0 Å². The largest absolute Gasteiger partial charge is 0.483 e. The van der Waals surface area contributed by atoms with E-state index in [0.717, 1.165) is 25.8 Å². The van der Waals surface area contributed by atoms with Crippen LogP contribution >= 0.6 is 0 Å². The molecule has 0 bridgehead atoms. The van der Waals surface area contributed by atoms with Crippen LogP contribution in [0.5, 0.6) is 0 Å². The summed E-state index contributed by atoms with van der Waals surface area (Å²) in [7, 11) is 0. The standard InChI is InChI=1S/C21H41NO2.CH2O2/c1-2-3-4-5-6-7-8-9-10-11-12-13-14-17-21(24)22-18-15-16-20(22)19-23;2-1-3/h20,23H,2-19H2,1H3;1H,(H,2,3). The highest BCUT2D eigenvalue weighted by molar-refractivity contribution is 5.76. The van der Waals surface area contributed by atoms with Crippen LogP contribution in [0.25, 0.3) is 0 Å². The van der Waals surface area contributed by atoms with Crippen LogP contribution in [0.2, 0.25) is 0 Å². The first-order valence-electron chi connectivity index (χ1n) is 11.2. The zero-order valence-electron chi connectivity index (χ0n) is 17.5. The van der Waals surface area contributed by atoms with Gasteiger partial charge in [-0.2, -0.15) is 0 Å². The van der Waals surface area contributed by atoms with E-state index in [1.54, 1.807) is 0 Å². The molecule has 0 aliphatic carbocycles. The van der Waals surface area contributed by atoms with Gasteiger partial charge in [-0.3, -0.25) is 9.59 Å². The molecule has 0 radical (unpaired) electrons. The van der Waals surface area contributed by atoms with Crippen molar-refractivity contribution in [1.29, 1.82) is 0 Å². The summed E-state index contributed by atoms with van der Waals surface area (Å²) in [5.74, 6) is 0.259. The predicted molar refractivity (Wildman–Crippen MR) is 111 cm³/mol. The number of carboxylic acid groups (broad SMARTS) is 1. The van der Waals surface area contributed by atoms with Crippen molar-refractivity contribution in [3.05, 3.63) is 0 Å². The van der Waals surface area contributed by atoms with Crippen molar-refractivity contribution >= 4 is 12.4 Å². The van der Waals surface area contributed by atoms with Gasteiger partial charge in [0.15, 0.2) is 0 Å². The van der Waals surface area contributed by atoms with Gasteiger partial charge in [-0.05, 0) is 19.3 Å². The van der Waals surface area contributed by atoms with E-state index in [0.29, 0.717) is 6.42 Å². The summed E-state index contributed by atoms with van der Waals surface area (Å²) in [6, 6.07) is 0.0967. The summed E-state index contributed by atoms with van der Waals surface area (Å²) >= 11 is 0. The van der Waals surface area contributed by atoms with E-state index in [4.69, 9.17) is 9.90 Å². The first-order valence-corrected chi connectivity index (χ1v) is 11.2. The van der Waals surface area contributed by atoms with E-state index in [9.17, 15) is 9.90 Å². The number of aliphatic hydroxyl groups is 1. The summed E-state index contributed by atoms with van der Waals surface area (Å²) in [5, 5.41) is 16.2. The van der Waals surface area contributed by atoms with Crippen molar-refractivity contribution in [2.45, 2.75) is 116 Å². The van der Waals surface area contributed by atoms with Gasteiger partial charge in [0.05, 0.1) is 12.6 Å². The Bertz CT molecular complexity index is 349. The number of aliphatic hydroxyl groups excluding tert-OH is 1. The van der Waals surface area contributed by atoms with Gasteiger partial charge in [-0.1, -0.05) is 84.0 Å². The fourth-order valence-corrected chi connectivity index (χ4v) is 3.79. The maximum absolute atomic E-state index is 12.1. The highest BCUT2D eigenvalue weighted by atomic mass is 16.3. The molecule has 1 rings (SSSR count). The van der Waals surface area contributed by atoms with Crippen LogP contribution in [0.1, 0.15) is 110 Å². The minimum Gasteiger partial charge on any atom is -0.483 e. The highest BCUT2D eigenvalue weighted by Gasteiger charge is 2.27. The van der Waals surface area contributed by atoms with Crippen LogP contribution in [0.15, 0.2) is 0 Å². The molecule has 0 aromatic rings. The molecule has 1 aliphatic heterocycles. The third-order valence-electron chi connectivity index (χ3n) is 5.40. The minimum absolute atomic E-state index is 0.0967. The van der Waals surface area contributed by atoms with Crippen LogP contribution in [0.3, 0.4) is 0 Å². The number of hydrogen-bond donors (Lipinski definition) is 2. The van der Waals surface area contributed by atoms with Gasteiger partial charge in [0.1, 0.15) is 0 Å². The van der Waals surface area contributed by atoms with Gasteiger partial charge in [0.25, 0.3) is 6.47 Å². The lowest BCUT2D eigenvalue weighted by molar-refractivity contribution is -0.132. The zero-order chi connectivity index (χ0) is 20.2. The van der Waals surface area contributed by atoms with Crippen molar-refractivity contribution in [3.63, 3.8) is 0 Å². The number of amides is 1. The van der Waals surface area contributed by atoms with Crippen molar-refractivity contribution in [1.82, 2.24) is 4.90 Å². The third-order valence-corrected chi connectivity index (χ3v) is 5.40.